The molecule has 2 amide bonds. The number of amides is 2. The predicted molar refractivity (Wildman–Crippen MR) is 101 cm³/mol. The van der Waals surface area contributed by atoms with Crippen LogP contribution in [0.15, 0.2) is 47.8 Å². The van der Waals surface area contributed by atoms with Crippen molar-refractivity contribution in [2.24, 2.45) is 0 Å². The Kier molecular flexibility index (Phi) is 4.62. The van der Waals surface area contributed by atoms with Gasteiger partial charge in [0.1, 0.15) is 0 Å². The van der Waals surface area contributed by atoms with Gasteiger partial charge in [0.05, 0.1) is 5.69 Å². The maximum absolute atomic E-state index is 12.1. The number of hydrogen-bond acceptors (Lipinski definition) is 3. The van der Waals surface area contributed by atoms with E-state index in [0.717, 1.165) is 22.5 Å². The Balaban J connectivity index is 1.69. The summed E-state index contributed by atoms with van der Waals surface area (Å²) in [5, 5.41) is 8.12. The van der Waals surface area contributed by atoms with Crippen LogP contribution in [0.1, 0.15) is 16.7 Å². The number of aromatic nitrogens is 1. The van der Waals surface area contributed by atoms with E-state index in [0.29, 0.717) is 5.13 Å². The number of rotatable bonds is 3. The molecule has 0 saturated carbocycles. The van der Waals surface area contributed by atoms with Gasteiger partial charge >= 0.3 is 6.03 Å². The highest BCUT2D eigenvalue weighted by Crippen LogP contribution is 2.28. The van der Waals surface area contributed by atoms with E-state index in [1.165, 1.54) is 22.5 Å². The van der Waals surface area contributed by atoms with Crippen molar-refractivity contribution in [3.05, 3.63) is 64.5 Å². The lowest BCUT2D eigenvalue weighted by Crippen LogP contribution is -2.19. The van der Waals surface area contributed by atoms with Crippen molar-refractivity contribution < 1.29 is 4.79 Å². The highest BCUT2D eigenvalue weighted by molar-refractivity contribution is 7.14. The highest BCUT2D eigenvalue weighted by atomic mass is 32.1. The molecule has 24 heavy (non-hydrogen) atoms. The van der Waals surface area contributed by atoms with Gasteiger partial charge in [-0.2, -0.15) is 0 Å². The van der Waals surface area contributed by atoms with Gasteiger partial charge in [-0.1, -0.05) is 41.5 Å². The van der Waals surface area contributed by atoms with Crippen molar-refractivity contribution >= 4 is 28.2 Å². The maximum atomic E-state index is 12.1. The van der Waals surface area contributed by atoms with Crippen LogP contribution in [0.3, 0.4) is 0 Å². The van der Waals surface area contributed by atoms with E-state index >= 15 is 0 Å². The average molecular weight is 337 g/mol. The van der Waals surface area contributed by atoms with E-state index in [2.05, 4.69) is 47.7 Å². The van der Waals surface area contributed by atoms with E-state index in [4.69, 9.17) is 0 Å². The minimum atomic E-state index is -0.291. The third-order valence-corrected chi connectivity index (χ3v) is 4.45. The Morgan fingerprint density at radius 1 is 0.958 bits per heavy atom. The zero-order valence-corrected chi connectivity index (χ0v) is 14.7. The zero-order chi connectivity index (χ0) is 17.1. The molecule has 122 valence electrons. The molecule has 2 aromatic carbocycles. The third-order valence-electron chi connectivity index (χ3n) is 3.69. The SMILES string of the molecule is Cc1ccc(NC(=O)Nc2nc(-c3ccc(C)cc3C)cs2)cc1. The molecule has 4 nitrogen and oxygen atoms in total. The Morgan fingerprint density at radius 3 is 2.38 bits per heavy atom. The summed E-state index contributed by atoms with van der Waals surface area (Å²) in [5.74, 6) is 0. The topological polar surface area (TPSA) is 54.0 Å². The second-order valence-electron chi connectivity index (χ2n) is 5.80. The Hall–Kier alpha value is -2.66. The number of anilines is 2. The van der Waals surface area contributed by atoms with Crippen LogP contribution in [0, 0.1) is 20.8 Å². The van der Waals surface area contributed by atoms with Crippen LogP contribution in [0.5, 0.6) is 0 Å². The molecule has 0 bridgehead atoms. The Morgan fingerprint density at radius 2 is 1.67 bits per heavy atom. The van der Waals surface area contributed by atoms with Crippen molar-refractivity contribution in [1.82, 2.24) is 4.98 Å². The normalized spacial score (nSPS) is 10.5. The number of carbonyl (C=O) groups excluding carboxylic acids is 1. The van der Waals surface area contributed by atoms with Crippen LogP contribution < -0.4 is 10.6 Å². The molecule has 0 aliphatic rings. The molecule has 0 saturated heterocycles. The van der Waals surface area contributed by atoms with Gasteiger partial charge in [-0.05, 0) is 38.5 Å². The average Bonchev–Trinajstić information content (AvgIpc) is 2.97. The number of benzene rings is 2. The number of nitrogens with zero attached hydrogens (tertiary/aromatic N) is 1. The van der Waals surface area contributed by atoms with Crippen LogP contribution in [0.25, 0.3) is 11.3 Å². The van der Waals surface area contributed by atoms with Gasteiger partial charge in [0.15, 0.2) is 5.13 Å². The van der Waals surface area contributed by atoms with Crippen molar-refractivity contribution in [2.75, 3.05) is 10.6 Å². The second-order valence-corrected chi connectivity index (χ2v) is 6.66. The first-order chi connectivity index (χ1) is 11.5. The molecular formula is C19H19N3OS. The van der Waals surface area contributed by atoms with Crippen LogP contribution >= 0.6 is 11.3 Å². The molecule has 3 aromatic rings. The molecule has 5 heteroatoms. The van der Waals surface area contributed by atoms with Crippen LogP contribution in [0.4, 0.5) is 15.6 Å². The van der Waals surface area contributed by atoms with Gasteiger partial charge in [-0.25, -0.2) is 9.78 Å². The fourth-order valence-electron chi connectivity index (χ4n) is 2.45. The van der Waals surface area contributed by atoms with Crippen molar-refractivity contribution in [1.29, 1.82) is 0 Å². The first-order valence-electron chi connectivity index (χ1n) is 7.69. The van der Waals surface area contributed by atoms with Crippen molar-refractivity contribution in [3.8, 4) is 11.3 Å². The summed E-state index contributed by atoms with van der Waals surface area (Å²) in [5.41, 5.74) is 6.27. The fraction of sp³-hybridized carbons (Fsp3) is 0.158. The number of aryl methyl sites for hydroxylation is 3. The number of carbonyl (C=O) groups is 1. The summed E-state index contributed by atoms with van der Waals surface area (Å²) in [7, 11) is 0. The maximum Gasteiger partial charge on any atom is 0.325 e. The number of urea groups is 1. The smallest absolute Gasteiger partial charge is 0.308 e. The molecule has 0 unspecified atom stereocenters. The molecule has 0 radical (unpaired) electrons. The molecule has 0 atom stereocenters. The van der Waals surface area contributed by atoms with E-state index in [-0.39, 0.29) is 6.03 Å². The highest BCUT2D eigenvalue weighted by Gasteiger charge is 2.10. The lowest BCUT2D eigenvalue weighted by Gasteiger charge is -2.06. The molecule has 1 heterocycles. The molecule has 3 rings (SSSR count). The molecule has 0 aliphatic heterocycles. The van der Waals surface area contributed by atoms with Gasteiger partial charge in [0.25, 0.3) is 0 Å². The standard InChI is InChI=1S/C19H19N3OS/c1-12-4-7-15(8-5-12)20-18(23)22-19-21-17(11-24-19)16-9-6-13(2)10-14(16)3/h4-11H,1-3H3,(H2,20,21,22,23). The van der Waals surface area contributed by atoms with Crippen molar-refractivity contribution in [2.45, 2.75) is 20.8 Å². The fourth-order valence-corrected chi connectivity index (χ4v) is 3.16. The molecule has 1 aromatic heterocycles. The quantitative estimate of drug-likeness (QED) is 0.674. The summed E-state index contributed by atoms with van der Waals surface area (Å²) in [6.45, 7) is 6.15. The van der Waals surface area contributed by atoms with Crippen LogP contribution in [0.2, 0.25) is 0 Å². The molecule has 0 aliphatic carbocycles. The first kappa shape index (κ1) is 16.2. The predicted octanol–water partition coefficient (Wildman–Crippen LogP) is 5.38. The van der Waals surface area contributed by atoms with Gasteiger partial charge in [0, 0.05) is 16.6 Å². The zero-order valence-electron chi connectivity index (χ0n) is 13.9. The van der Waals surface area contributed by atoms with Crippen LogP contribution in [-0.4, -0.2) is 11.0 Å². The minimum absolute atomic E-state index is 0.291. The van der Waals surface area contributed by atoms with Gasteiger partial charge < -0.3 is 5.32 Å². The summed E-state index contributed by atoms with van der Waals surface area (Å²) in [6.07, 6.45) is 0. The van der Waals surface area contributed by atoms with E-state index < -0.39 is 0 Å². The summed E-state index contributed by atoms with van der Waals surface area (Å²) >= 11 is 1.42. The monoisotopic (exact) mass is 337 g/mol. The number of thiazole rings is 1. The molecule has 0 fully saturated rings. The third kappa shape index (κ3) is 3.81. The van der Waals surface area contributed by atoms with Gasteiger partial charge in [-0.3, -0.25) is 5.32 Å². The first-order valence-corrected chi connectivity index (χ1v) is 8.57. The summed E-state index contributed by atoms with van der Waals surface area (Å²) in [6, 6.07) is 13.6. The summed E-state index contributed by atoms with van der Waals surface area (Å²) in [4.78, 5) is 16.6. The molecule has 0 spiro atoms. The van der Waals surface area contributed by atoms with E-state index in [9.17, 15) is 4.79 Å². The lowest BCUT2D eigenvalue weighted by molar-refractivity contribution is 0.262. The van der Waals surface area contributed by atoms with Gasteiger partial charge in [0.2, 0.25) is 0 Å². The molecular weight excluding hydrogens is 318 g/mol. The largest absolute Gasteiger partial charge is 0.325 e. The Labute approximate surface area is 145 Å². The van der Waals surface area contributed by atoms with Gasteiger partial charge in [-0.15, -0.1) is 11.3 Å². The number of hydrogen-bond donors (Lipinski definition) is 2. The van der Waals surface area contributed by atoms with Crippen LogP contribution in [-0.2, 0) is 0 Å². The minimum Gasteiger partial charge on any atom is -0.308 e. The summed E-state index contributed by atoms with van der Waals surface area (Å²) < 4.78 is 0. The Bertz CT molecular complexity index is 869. The van der Waals surface area contributed by atoms with Crippen molar-refractivity contribution in [3.63, 3.8) is 0 Å². The second kappa shape index (κ2) is 6.84. The van der Waals surface area contributed by atoms with E-state index in [1.54, 1.807) is 0 Å². The van der Waals surface area contributed by atoms with E-state index in [1.807, 2.05) is 36.6 Å². The molecule has 2 N–H and O–H groups in total. The number of nitrogens with one attached hydrogen (secondary N) is 2. The lowest BCUT2D eigenvalue weighted by atomic mass is 10.0.